The average Bonchev–Trinajstić information content (AvgIpc) is 2.42. The number of hydrogen-bond acceptors (Lipinski definition) is 3. The summed E-state index contributed by atoms with van der Waals surface area (Å²) in [6, 6.07) is 0. The molecule has 2 N–H and O–H groups in total. The number of sulfonamides is 1. The summed E-state index contributed by atoms with van der Waals surface area (Å²) in [5, 5.41) is 3.02. The van der Waals surface area contributed by atoms with E-state index in [1.54, 1.807) is 0 Å². The van der Waals surface area contributed by atoms with Crippen molar-refractivity contribution in [1.82, 2.24) is 10.0 Å². The Balaban J connectivity index is 3.35. The predicted octanol–water partition coefficient (Wildman–Crippen LogP) is 3.05. The molecular weight excluding hydrogens is 272 g/mol. The van der Waals surface area contributed by atoms with E-state index in [1.165, 1.54) is 38.5 Å². The van der Waals surface area contributed by atoms with Crippen molar-refractivity contribution in [2.75, 3.05) is 25.9 Å². The Bertz CT molecular complexity index is 292. The fourth-order valence-electron chi connectivity index (χ4n) is 2.15. The lowest BCUT2D eigenvalue weighted by Crippen LogP contribution is -2.27. The maximum absolute atomic E-state index is 11.7. The summed E-state index contributed by atoms with van der Waals surface area (Å²) in [5.41, 5.74) is 0. The van der Waals surface area contributed by atoms with E-state index in [9.17, 15) is 8.42 Å². The van der Waals surface area contributed by atoms with Gasteiger partial charge in [-0.15, -0.1) is 0 Å². The lowest BCUT2D eigenvalue weighted by molar-refractivity contribution is 0.556. The van der Waals surface area contributed by atoms with Crippen LogP contribution in [0.5, 0.6) is 0 Å². The zero-order valence-corrected chi connectivity index (χ0v) is 14.2. The van der Waals surface area contributed by atoms with Gasteiger partial charge in [0.1, 0.15) is 0 Å². The second-order valence-electron chi connectivity index (χ2n) is 5.50. The van der Waals surface area contributed by atoms with Gasteiger partial charge >= 0.3 is 0 Å². The van der Waals surface area contributed by atoms with Crippen LogP contribution in [0, 0.1) is 0 Å². The highest BCUT2D eigenvalue weighted by Gasteiger charge is 2.08. The van der Waals surface area contributed by atoms with Gasteiger partial charge in [0.25, 0.3) is 0 Å². The summed E-state index contributed by atoms with van der Waals surface area (Å²) in [6.45, 7) is 3.71. The molecule has 0 bridgehead atoms. The first kappa shape index (κ1) is 19.9. The minimum absolute atomic E-state index is 0.256. The van der Waals surface area contributed by atoms with Crippen molar-refractivity contribution < 1.29 is 8.42 Å². The Morgan fingerprint density at radius 3 is 1.90 bits per heavy atom. The fourth-order valence-corrected chi connectivity index (χ4v) is 3.34. The lowest BCUT2D eigenvalue weighted by atomic mass is 10.1. The largest absolute Gasteiger partial charge is 0.320 e. The van der Waals surface area contributed by atoms with E-state index >= 15 is 0 Å². The molecule has 0 aromatic rings. The summed E-state index contributed by atoms with van der Waals surface area (Å²) in [5.74, 6) is 0.256. The second-order valence-corrected chi connectivity index (χ2v) is 7.43. The molecule has 0 aromatic carbocycles. The minimum Gasteiger partial charge on any atom is -0.320 e. The van der Waals surface area contributed by atoms with Gasteiger partial charge in [0.15, 0.2) is 0 Å². The van der Waals surface area contributed by atoms with Gasteiger partial charge in [0.05, 0.1) is 5.75 Å². The van der Waals surface area contributed by atoms with Crippen molar-refractivity contribution in [3.05, 3.63) is 0 Å². The highest BCUT2D eigenvalue weighted by Crippen LogP contribution is 2.08. The van der Waals surface area contributed by atoms with Gasteiger partial charge < -0.3 is 5.32 Å². The summed E-state index contributed by atoms with van der Waals surface area (Å²) >= 11 is 0. The first-order valence-electron chi connectivity index (χ1n) is 8.24. The first-order valence-corrected chi connectivity index (χ1v) is 9.89. The third-order valence-electron chi connectivity index (χ3n) is 3.44. The third-order valence-corrected chi connectivity index (χ3v) is 4.91. The van der Waals surface area contributed by atoms with Crippen LogP contribution in [0.4, 0.5) is 0 Å². The van der Waals surface area contributed by atoms with Gasteiger partial charge in [-0.25, -0.2) is 13.1 Å². The molecule has 0 rings (SSSR count). The zero-order chi connectivity index (χ0) is 15.1. The number of rotatable bonds is 15. The van der Waals surface area contributed by atoms with Crippen molar-refractivity contribution in [2.45, 2.75) is 71.1 Å². The van der Waals surface area contributed by atoms with Crippen LogP contribution in [-0.4, -0.2) is 34.3 Å². The second kappa shape index (κ2) is 13.8. The highest BCUT2D eigenvalue weighted by atomic mass is 32.2. The Kier molecular flexibility index (Phi) is 13.7. The SMILES string of the molecule is CCCCCCCCCCNS(=O)(=O)CCCCNC. The van der Waals surface area contributed by atoms with Gasteiger partial charge in [-0.3, -0.25) is 0 Å². The van der Waals surface area contributed by atoms with E-state index in [0.717, 1.165) is 32.2 Å². The summed E-state index contributed by atoms with van der Waals surface area (Å²) in [6.07, 6.45) is 11.6. The Hall–Kier alpha value is -0.130. The molecule has 0 amide bonds. The van der Waals surface area contributed by atoms with Crippen LogP contribution >= 0.6 is 0 Å². The van der Waals surface area contributed by atoms with Crippen LogP contribution in [-0.2, 0) is 10.0 Å². The maximum atomic E-state index is 11.7. The Morgan fingerprint density at radius 1 is 0.750 bits per heavy atom. The van der Waals surface area contributed by atoms with Crippen molar-refractivity contribution in [2.24, 2.45) is 0 Å². The molecule has 0 heterocycles. The molecule has 0 radical (unpaired) electrons. The predicted molar refractivity (Wildman–Crippen MR) is 87.6 cm³/mol. The molecule has 0 saturated heterocycles. The molecule has 0 fully saturated rings. The van der Waals surface area contributed by atoms with E-state index in [-0.39, 0.29) is 5.75 Å². The highest BCUT2D eigenvalue weighted by molar-refractivity contribution is 7.89. The molecule has 122 valence electrons. The van der Waals surface area contributed by atoms with E-state index in [2.05, 4.69) is 17.0 Å². The van der Waals surface area contributed by atoms with Crippen LogP contribution in [0.25, 0.3) is 0 Å². The molecule has 4 nitrogen and oxygen atoms in total. The Labute approximate surface area is 126 Å². The normalized spacial score (nSPS) is 11.9. The molecule has 0 saturated carbocycles. The number of nitrogens with one attached hydrogen (secondary N) is 2. The third kappa shape index (κ3) is 14.3. The molecule has 0 aliphatic rings. The standard InChI is InChI=1S/C15H34N2O2S/c1-3-4-5-6-7-8-9-10-14-17-20(18,19)15-12-11-13-16-2/h16-17H,3-15H2,1-2H3. The van der Waals surface area contributed by atoms with Gasteiger partial charge in [-0.05, 0) is 32.9 Å². The topological polar surface area (TPSA) is 58.2 Å². The smallest absolute Gasteiger partial charge is 0.211 e. The number of hydrogen-bond donors (Lipinski definition) is 2. The zero-order valence-electron chi connectivity index (χ0n) is 13.4. The van der Waals surface area contributed by atoms with Gasteiger partial charge in [-0.1, -0.05) is 51.9 Å². The summed E-state index contributed by atoms with van der Waals surface area (Å²) < 4.78 is 26.0. The van der Waals surface area contributed by atoms with E-state index < -0.39 is 10.0 Å². The maximum Gasteiger partial charge on any atom is 0.211 e. The van der Waals surface area contributed by atoms with Crippen molar-refractivity contribution >= 4 is 10.0 Å². The molecule has 0 atom stereocenters. The van der Waals surface area contributed by atoms with E-state index in [1.807, 2.05) is 7.05 Å². The monoisotopic (exact) mass is 306 g/mol. The molecule has 0 aromatic heterocycles. The van der Waals surface area contributed by atoms with E-state index in [4.69, 9.17) is 0 Å². The van der Waals surface area contributed by atoms with Crippen molar-refractivity contribution in [3.63, 3.8) is 0 Å². The summed E-state index contributed by atoms with van der Waals surface area (Å²) in [4.78, 5) is 0. The van der Waals surface area contributed by atoms with Crippen LogP contribution in [0.1, 0.15) is 71.1 Å². The Morgan fingerprint density at radius 2 is 1.30 bits per heavy atom. The molecular formula is C15H34N2O2S. The van der Waals surface area contributed by atoms with E-state index in [0.29, 0.717) is 6.54 Å². The van der Waals surface area contributed by atoms with Gasteiger partial charge in [0, 0.05) is 6.54 Å². The number of unbranched alkanes of at least 4 members (excludes halogenated alkanes) is 8. The summed E-state index contributed by atoms with van der Waals surface area (Å²) in [7, 11) is -1.16. The van der Waals surface area contributed by atoms with Gasteiger partial charge in [-0.2, -0.15) is 0 Å². The fraction of sp³-hybridized carbons (Fsp3) is 1.00. The van der Waals surface area contributed by atoms with Crippen molar-refractivity contribution in [1.29, 1.82) is 0 Å². The van der Waals surface area contributed by atoms with Crippen LogP contribution < -0.4 is 10.0 Å². The molecule has 0 spiro atoms. The quantitative estimate of drug-likeness (QED) is 0.457. The molecule has 0 unspecified atom stereocenters. The first-order chi connectivity index (χ1) is 9.62. The molecule has 20 heavy (non-hydrogen) atoms. The van der Waals surface area contributed by atoms with Gasteiger partial charge in [0.2, 0.25) is 10.0 Å². The van der Waals surface area contributed by atoms with Crippen LogP contribution in [0.2, 0.25) is 0 Å². The minimum atomic E-state index is -3.04. The average molecular weight is 307 g/mol. The lowest BCUT2D eigenvalue weighted by Gasteiger charge is -2.06. The van der Waals surface area contributed by atoms with Crippen LogP contribution in [0.15, 0.2) is 0 Å². The molecule has 5 heteroatoms. The van der Waals surface area contributed by atoms with Crippen LogP contribution in [0.3, 0.4) is 0 Å². The molecule has 0 aliphatic carbocycles. The van der Waals surface area contributed by atoms with Crippen molar-refractivity contribution in [3.8, 4) is 0 Å². The molecule has 0 aliphatic heterocycles.